The molecule has 0 radical (unpaired) electrons. The third-order valence-electron chi connectivity index (χ3n) is 3.50. The Morgan fingerprint density at radius 3 is 2.47 bits per heavy atom. The standard InChI is InChI=1S/C15H21ClF2O/c1-3-5-6-10(4-2)7-15(19)11-8-14(18)12(16)9-13(11)17/h8-10,15,19H,3-7H2,1-2H3. The lowest BCUT2D eigenvalue weighted by atomic mass is 9.90. The van der Waals surface area contributed by atoms with Crippen molar-refractivity contribution in [3.63, 3.8) is 0 Å². The number of halogens is 3. The summed E-state index contributed by atoms with van der Waals surface area (Å²) in [5.41, 5.74) is -0.00292. The zero-order valence-corrected chi connectivity index (χ0v) is 12.2. The summed E-state index contributed by atoms with van der Waals surface area (Å²) in [4.78, 5) is 0. The second-order valence-corrected chi connectivity index (χ2v) is 5.36. The molecule has 1 rings (SSSR count). The van der Waals surface area contributed by atoms with Gasteiger partial charge in [0.15, 0.2) is 0 Å². The van der Waals surface area contributed by atoms with Crippen molar-refractivity contribution in [2.24, 2.45) is 5.92 Å². The molecule has 19 heavy (non-hydrogen) atoms. The third-order valence-corrected chi connectivity index (χ3v) is 3.79. The number of unbranched alkanes of at least 4 members (excludes halogenated alkanes) is 1. The molecule has 0 aromatic heterocycles. The fraction of sp³-hybridized carbons (Fsp3) is 0.600. The van der Waals surface area contributed by atoms with E-state index in [4.69, 9.17) is 11.6 Å². The van der Waals surface area contributed by atoms with E-state index in [1.165, 1.54) is 0 Å². The van der Waals surface area contributed by atoms with Crippen LogP contribution >= 0.6 is 11.6 Å². The highest BCUT2D eigenvalue weighted by Gasteiger charge is 2.19. The SMILES string of the molecule is CCCCC(CC)CC(O)c1cc(F)c(Cl)cc1F. The molecule has 1 aromatic rings. The fourth-order valence-electron chi connectivity index (χ4n) is 2.22. The first-order valence-corrected chi connectivity index (χ1v) is 7.19. The van der Waals surface area contributed by atoms with Gasteiger partial charge in [-0.2, -0.15) is 0 Å². The fourth-order valence-corrected chi connectivity index (χ4v) is 2.37. The predicted octanol–water partition coefficient (Wildman–Crippen LogP) is 5.26. The van der Waals surface area contributed by atoms with Crippen molar-refractivity contribution in [3.8, 4) is 0 Å². The summed E-state index contributed by atoms with van der Waals surface area (Å²) in [5, 5.41) is 9.81. The lowest BCUT2D eigenvalue weighted by Gasteiger charge is -2.19. The molecule has 0 amide bonds. The summed E-state index contributed by atoms with van der Waals surface area (Å²) in [5.74, 6) is -1.02. The molecular weight excluding hydrogens is 270 g/mol. The Bertz CT molecular complexity index is 409. The smallest absolute Gasteiger partial charge is 0.142 e. The third kappa shape index (κ3) is 4.73. The van der Waals surface area contributed by atoms with Gasteiger partial charge in [-0.15, -0.1) is 0 Å². The lowest BCUT2D eigenvalue weighted by Crippen LogP contribution is -2.09. The summed E-state index contributed by atoms with van der Waals surface area (Å²) < 4.78 is 27.0. The molecule has 0 aliphatic rings. The maximum Gasteiger partial charge on any atom is 0.142 e. The van der Waals surface area contributed by atoms with Gasteiger partial charge in [-0.1, -0.05) is 51.1 Å². The molecule has 0 fully saturated rings. The topological polar surface area (TPSA) is 20.2 Å². The summed E-state index contributed by atoms with van der Waals surface area (Å²) in [6.07, 6.45) is 3.58. The van der Waals surface area contributed by atoms with Crippen molar-refractivity contribution >= 4 is 11.6 Å². The molecular formula is C15H21ClF2O. The Morgan fingerprint density at radius 2 is 1.89 bits per heavy atom. The average molecular weight is 291 g/mol. The molecule has 0 aliphatic carbocycles. The van der Waals surface area contributed by atoms with Crippen molar-refractivity contribution in [1.82, 2.24) is 0 Å². The van der Waals surface area contributed by atoms with Crippen LogP contribution in [0.15, 0.2) is 12.1 Å². The molecule has 1 nitrogen and oxygen atoms in total. The molecule has 108 valence electrons. The summed E-state index contributed by atoms with van der Waals surface area (Å²) >= 11 is 5.50. The number of aliphatic hydroxyl groups excluding tert-OH is 1. The Kier molecular flexibility index (Phi) is 6.73. The van der Waals surface area contributed by atoms with Gasteiger partial charge in [-0.25, -0.2) is 8.78 Å². The summed E-state index contributed by atoms with van der Waals surface area (Å²) in [6.45, 7) is 4.16. The van der Waals surface area contributed by atoms with Crippen molar-refractivity contribution in [3.05, 3.63) is 34.4 Å². The number of aliphatic hydroxyl groups is 1. The van der Waals surface area contributed by atoms with E-state index >= 15 is 0 Å². The quantitative estimate of drug-likeness (QED) is 0.679. The average Bonchev–Trinajstić information content (AvgIpc) is 2.38. The van der Waals surface area contributed by atoms with Gasteiger partial charge in [-0.3, -0.25) is 0 Å². The number of hydrogen-bond donors (Lipinski definition) is 1. The van der Waals surface area contributed by atoms with Crippen LogP contribution in [0, 0.1) is 17.6 Å². The van der Waals surface area contributed by atoms with Crippen LogP contribution in [-0.2, 0) is 0 Å². The van der Waals surface area contributed by atoms with Crippen LogP contribution in [0.4, 0.5) is 8.78 Å². The van der Waals surface area contributed by atoms with Crippen molar-refractivity contribution in [1.29, 1.82) is 0 Å². The summed E-state index contributed by atoms with van der Waals surface area (Å²) in [6, 6.07) is 1.91. The maximum absolute atomic E-state index is 13.7. The van der Waals surface area contributed by atoms with Gasteiger partial charge < -0.3 is 5.11 Å². The van der Waals surface area contributed by atoms with Crippen LogP contribution < -0.4 is 0 Å². The zero-order valence-electron chi connectivity index (χ0n) is 11.4. The molecule has 0 bridgehead atoms. The van der Waals surface area contributed by atoms with E-state index in [1.807, 2.05) is 6.92 Å². The molecule has 0 saturated heterocycles. The first-order valence-electron chi connectivity index (χ1n) is 6.82. The molecule has 1 N–H and O–H groups in total. The van der Waals surface area contributed by atoms with E-state index in [-0.39, 0.29) is 10.6 Å². The minimum Gasteiger partial charge on any atom is -0.388 e. The molecule has 0 heterocycles. The Hall–Kier alpha value is -0.670. The van der Waals surface area contributed by atoms with Gasteiger partial charge >= 0.3 is 0 Å². The molecule has 0 saturated carbocycles. The zero-order chi connectivity index (χ0) is 14.4. The van der Waals surface area contributed by atoms with E-state index in [0.717, 1.165) is 37.8 Å². The van der Waals surface area contributed by atoms with E-state index in [1.54, 1.807) is 0 Å². The van der Waals surface area contributed by atoms with Crippen LogP contribution in [-0.4, -0.2) is 5.11 Å². The maximum atomic E-state index is 13.7. The largest absolute Gasteiger partial charge is 0.388 e. The first kappa shape index (κ1) is 16.4. The second-order valence-electron chi connectivity index (χ2n) is 4.96. The van der Waals surface area contributed by atoms with E-state index in [2.05, 4.69) is 6.92 Å². The number of hydrogen-bond acceptors (Lipinski definition) is 1. The van der Waals surface area contributed by atoms with Crippen LogP contribution in [0.25, 0.3) is 0 Å². The highest BCUT2D eigenvalue weighted by atomic mass is 35.5. The van der Waals surface area contributed by atoms with Crippen LogP contribution in [0.3, 0.4) is 0 Å². The van der Waals surface area contributed by atoms with Crippen molar-refractivity contribution in [2.45, 2.75) is 52.1 Å². The first-order chi connectivity index (χ1) is 8.99. The minimum absolute atomic E-state index is 0.00292. The van der Waals surface area contributed by atoms with Gasteiger partial charge in [0.2, 0.25) is 0 Å². The molecule has 4 heteroatoms. The van der Waals surface area contributed by atoms with Crippen LogP contribution in [0.1, 0.15) is 57.6 Å². The minimum atomic E-state index is -0.978. The number of rotatable bonds is 7. The van der Waals surface area contributed by atoms with Gasteiger partial charge in [0.05, 0.1) is 11.1 Å². The van der Waals surface area contributed by atoms with Gasteiger partial charge in [0.1, 0.15) is 11.6 Å². The Balaban J connectivity index is 2.76. The van der Waals surface area contributed by atoms with Gasteiger partial charge in [-0.05, 0) is 24.5 Å². The number of benzene rings is 1. The highest BCUT2D eigenvalue weighted by Crippen LogP contribution is 2.30. The van der Waals surface area contributed by atoms with E-state index < -0.39 is 17.7 Å². The monoisotopic (exact) mass is 290 g/mol. The second kappa shape index (κ2) is 7.81. The molecule has 2 atom stereocenters. The molecule has 2 unspecified atom stereocenters. The Labute approximate surface area is 118 Å². The lowest BCUT2D eigenvalue weighted by molar-refractivity contribution is 0.135. The van der Waals surface area contributed by atoms with Gasteiger partial charge in [0, 0.05) is 5.56 Å². The van der Waals surface area contributed by atoms with E-state index in [9.17, 15) is 13.9 Å². The predicted molar refractivity (Wildman–Crippen MR) is 74.3 cm³/mol. The van der Waals surface area contributed by atoms with Crippen molar-refractivity contribution in [2.75, 3.05) is 0 Å². The van der Waals surface area contributed by atoms with E-state index in [0.29, 0.717) is 12.3 Å². The Morgan fingerprint density at radius 1 is 1.21 bits per heavy atom. The van der Waals surface area contributed by atoms with Crippen LogP contribution in [0.2, 0.25) is 5.02 Å². The molecule has 1 aromatic carbocycles. The van der Waals surface area contributed by atoms with Gasteiger partial charge in [0.25, 0.3) is 0 Å². The normalized spacial score (nSPS) is 14.4. The van der Waals surface area contributed by atoms with Crippen molar-refractivity contribution < 1.29 is 13.9 Å². The molecule has 0 aliphatic heterocycles. The molecule has 0 spiro atoms. The summed E-state index contributed by atoms with van der Waals surface area (Å²) in [7, 11) is 0. The highest BCUT2D eigenvalue weighted by molar-refractivity contribution is 6.30. The van der Waals surface area contributed by atoms with Crippen LogP contribution in [0.5, 0.6) is 0 Å².